The summed E-state index contributed by atoms with van der Waals surface area (Å²) in [5.41, 5.74) is 5.01. The van der Waals surface area contributed by atoms with E-state index in [1.807, 2.05) is 20.2 Å². The molecule has 0 aromatic rings. The monoisotopic (exact) mass is 82.1 g/mol. The molecule has 1 nitrogen and oxygen atoms in total. The fourth-order valence-electron chi connectivity index (χ4n) is 0.215. The van der Waals surface area contributed by atoms with Crippen molar-refractivity contribution in [1.29, 1.82) is 0 Å². The quantitative estimate of drug-likeness (QED) is 0.485. The predicted octanol–water partition coefficient (Wildman–Crippen LogP) is 0.629. The summed E-state index contributed by atoms with van der Waals surface area (Å²) in [5.74, 6) is 0. The normalized spacial score (nSPS) is 9.50. The van der Waals surface area contributed by atoms with Gasteiger partial charge in [0.15, 0.2) is 0 Å². The Morgan fingerprint density at radius 2 is 2.50 bits per heavy atom. The number of nitrogens with two attached hydrogens (primary N) is 1. The van der Waals surface area contributed by atoms with E-state index in [1.54, 1.807) is 6.20 Å². The molecule has 0 heterocycles. The zero-order valence-corrected chi connectivity index (χ0v) is 4.02. The lowest BCUT2D eigenvalue weighted by Gasteiger charge is -1.74. The van der Waals surface area contributed by atoms with Crippen LogP contribution in [-0.4, -0.2) is 7.28 Å². The predicted molar refractivity (Wildman–Crippen MR) is 29.8 cm³/mol. The van der Waals surface area contributed by atoms with Crippen molar-refractivity contribution < 1.29 is 0 Å². The van der Waals surface area contributed by atoms with Gasteiger partial charge in [-0.05, 0) is 6.20 Å². The molecule has 0 bridgehead atoms. The van der Waals surface area contributed by atoms with E-state index >= 15 is 0 Å². The van der Waals surface area contributed by atoms with Crippen LogP contribution >= 0.6 is 0 Å². The molecule has 0 saturated heterocycles. The van der Waals surface area contributed by atoms with Crippen molar-refractivity contribution in [1.82, 2.24) is 0 Å². The molecule has 1 radical (unpaired) electrons. The van der Waals surface area contributed by atoms with E-state index in [0.29, 0.717) is 0 Å². The van der Waals surface area contributed by atoms with Gasteiger partial charge in [0.05, 0.1) is 0 Å². The maximum Gasteiger partial charge on any atom is 0.110 e. The van der Waals surface area contributed by atoms with Gasteiger partial charge in [-0.2, -0.15) is 0 Å². The van der Waals surface area contributed by atoms with E-state index in [4.69, 9.17) is 5.73 Å². The smallest absolute Gasteiger partial charge is 0.110 e. The molecule has 0 atom stereocenters. The van der Waals surface area contributed by atoms with E-state index in [2.05, 4.69) is 0 Å². The molecular formula is C4H9BN. The Hall–Kier alpha value is -0.395. The molecule has 0 aliphatic heterocycles. The summed E-state index contributed by atoms with van der Waals surface area (Å²) < 4.78 is 0. The molecule has 0 spiro atoms. The van der Waals surface area contributed by atoms with Crippen molar-refractivity contribution in [3.8, 4) is 0 Å². The second-order valence-corrected chi connectivity index (χ2v) is 1.07. The molecule has 0 rings (SSSR count). The van der Waals surface area contributed by atoms with E-state index in [-0.39, 0.29) is 0 Å². The van der Waals surface area contributed by atoms with Gasteiger partial charge < -0.3 is 5.73 Å². The van der Waals surface area contributed by atoms with E-state index < -0.39 is 0 Å². The first-order valence-electron chi connectivity index (χ1n) is 2.06. The van der Waals surface area contributed by atoms with Crippen LogP contribution in [0.4, 0.5) is 0 Å². The lowest BCUT2D eigenvalue weighted by molar-refractivity contribution is 1.53. The lowest BCUT2D eigenvalue weighted by atomic mass is 9.78. The highest BCUT2D eigenvalue weighted by Crippen LogP contribution is 1.75. The second kappa shape index (κ2) is 4.60. The van der Waals surface area contributed by atoms with Crippen molar-refractivity contribution in [2.75, 3.05) is 0 Å². The SMILES string of the molecule is C[B]C/C=C\N. The van der Waals surface area contributed by atoms with Crippen LogP contribution in [0.1, 0.15) is 0 Å². The number of rotatable bonds is 2. The molecule has 0 amide bonds. The van der Waals surface area contributed by atoms with Crippen molar-refractivity contribution in [2.24, 2.45) is 5.73 Å². The average molecular weight is 81.9 g/mol. The van der Waals surface area contributed by atoms with Crippen molar-refractivity contribution in [2.45, 2.75) is 13.1 Å². The summed E-state index contributed by atoms with van der Waals surface area (Å²) in [4.78, 5) is 0. The fourth-order valence-corrected chi connectivity index (χ4v) is 0.215. The molecule has 0 aliphatic carbocycles. The summed E-state index contributed by atoms with van der Waals surface area (Å²) in [6.45, 7) is 2.00. The second-order valence-electron chi connectivity index (χ2n) is 1.07. The highest BCUT2D eigenvalue weighted by atomic mass is 14.5. The number of hydrogen-bond donors (Lipinski definition) is 1. The van der Waals surface area contributed by atoms with E-state index in [1.165, 1.54) is 0 Å². The topological polar surface area (TPSA) is 26.0 Å². The molecule has 2 heteroatoms. The zero-order valence-electron chi connectivity index (χ0n) is 4.02. The van der Waals surface area contributed by atoms with Gasteiger partial charge in [0, 0.05) is 0 Å². The first kappa shape index (κ1) is 5.60. The molecule has 0 aromatic carbocycles. The largest absolute Gasteiger partial charge is 0.405 e. The Morgan fingerprint density at radius 3 is 2.67 bits per heavy atom. The Kier molecular flexibility index (Phi) is 4.30. The summed E-state index contributed by atoms with van der Waals surface area (Å²) in [5, 5.41) is 0. The van der Waals surface area contributed by atoms with Crippen LogP contribution in [-0.2, 0) is 0 Å². The van der Waals surface area contributed by atoms with Gasteiger partial charge in [-0.15, -0.1) is 0 Å². The Balaban J connectivity index is 2.66. The van der Waals surface area contributed by atoms with E-state index in [9.17, 15) is 0 Å². The third-order valence-electron chi connectivity index (χ3n) is 0.508. The first-order valence-corrected chi connectivity index (χ1v) is 2.06. The molecule has 2 N–H and O–H groups in total. The van der Waals surface area contributed by atoms with Crippen LogP contribution in [0, 0.1) is 0 Å². The van der Waals surface area contributed by atoms with Crippen molar-refractivity contribution in [3.63, 3.8) is 0 Å². The molecule has 0 unspecified atom stereocenters. The van der Waals surface area contributed by atoms with Crippen molar-refractivity contribution >= 4 is 7.28 Å². The molecule has 0 fully saturated rings. The van der Waals surface area contributed by atoms with Crippen LogP contribution < -0.4 is 5.73 Å². The minimum Gasteiger partial charge on any atom is -0.405 e. The summed E-state index contributed by atoms with van der Waals surface area (Å²) in [6.07, 6.45) is 4.44. The third-order valence-corrected chi connectivity index (χ3v) is 0.508. The van der Waals surface area contributed by atoms with Crippen LogP contribution in [0.3, 0.4) is 0 Å². The number of hydrogen-bond acceptors (Lipinski definition) is 1. The highest BCUT2D eigenvalue weighted by molar-refractivity contribution is 6.34. The minimum atomic E-state index is 0.983. The maximum atomic E-state index is 5.01. The van der Waals surface area contributed by atoms with Crippen LogP contribution in [0.2, 0.25) is 13.1 Å². The molecule has 33 valence electrons. The standard InChI is InChI=1S/C4H9BN/c1-5-3-2-4-6/h2,4H,3,6H2,1H3/b4-2-. The fraction of sp³-hybridized carbons (Fsp3) is 0.500. The summed E-state index contributed by atoms with van der Waals surface area (Å²) in [7, 11) is 2.04. The molecular weight excluding hydrogens is 72.9 g/mol. The molecule has 0 saturated carbocycles. The van der Waals surface area contributed by atoms with Crippen LogP contribution in [0.25, 0.3) is 0 Å². The van der Waals surface area contributed by atoms with Crippen LogP contribution in [0.15, 0.2) is 12.3 Å². The van der Waals surface area contributed by atoms with E-state index in [0.717, 1.165) is 6.32 Å². The third kappa shape index (κ3) is 3.60. The Bertz CT molecular complexity index is 42.8. The van der Waals surface area contributed by atoms with Gasteiger partial charge in [0.1, 0.15) is 7.28 Å². The van der Waals surface area contributed by atoms with Gasteiger partial charge in [-0.25, -0.2) is 0 Å². The van der Waals surface area contributed by atoms with Gasteiger partial charge in [0.2, 0.25) is 0 Å². The average Bonchev–Trinajstić information content (AvgIpc) is 1.61. The van der Waals surface area contributed by atoms with Gasteiger partial charge in [-0.1, -0.05) is 19.2 Å². The highest BCUT2D eigenvalue weighted by Gasteiger charge is 1.68. The maximum absolute atomic E-state index is 5.01. The number of allylic oxidation sites excluding steroid dienone is 1. The summed E-state index contributed by atoms with van der Waals surface area (Å²) in [6, 6.07) is 0. The lowest BCUT2D eigenvalue weighted by Crippen LogP contribution is -1.78. The molecule has 6 heavy (non-hydrogen) atoms. The van der Waals surface area contributed by atoms with Gasteiger partial charge in [0.25, 0.3) is 0 Å². The molecule has 0 aliphatic rings. The molecule has 0 aromatic heterocycles. The van der Waals surface area contributed by atoms with Gasteiger partial charge in [-0.3, -0.25) is 0 Å². The van der Waals surface area contributed by atoms with Crippen LogP contribution in [0.5, 0.6) is 0 Å². The van der Waals surface area contributed by atoms with Crippen molar-refractivity contribution in [3.05, 3.63) is 12.3 Å². The summed E-state index contributed by atoms with van der Waals surface area (Å²) >= 11 is 0. The zero-order chi connectivity index (χ0) is 4.83. The van der Waals surface area contributed by atoms with Gasteiger partial charge >= 0.3 is 0 Å². The Morgan fingerprint density at radius 1 is 1.83 bits per heavy atom. The minimum absolute atomic E-state index is 0.983. The first-order chi connectivity index (χ1) is 2.91. The Labute approximate surface area is 39.5 Å².